The van der Waals surface area contributed by atoms with Crippen LogP contribution in [0.25, 0.3) is 0 Å². The molecule has 6 nitrogen and oxygen atoms in total. The molecule has 2 aliphatic rings. The summed E-state index contributed by atoms with van der Waals surface area (Å²) in [5.41, 5.74) is 1.38. The third-order valence-corrected chi connectivity index (χ3v) is 5.57. The van der Waals surface area contributed by atoms with Crippen LogP contribution in [-0.4, -0.2) is 70.7 Å². The van der Waals surface area contributed by atoms with Gasteiger partial charge in [0, 0.05) is 37.8 Å². The molecule has 0 radical (unpaired) electrons. The number of nitrogens with zero attached hydrogens (tertiary/aromatic N) is 3. The van der Waals surface area contributed by atoms with Crippen LogP contribution < -0.4 is 0 Å². The van der Waals surface area contributed by atoms with Gasteiger partial charge in [-0.3, -0.25) is 9.69 Å². The third kappa shape index (κ3) is 4.40. The highest BCUT2D eigenvalue weighted by Crippen LogP contribution is 2.33. The SMILES string of the molecule is CC(C)=C(C)C(=O)N(C)C(C)N1C2CCC1CN(C(=O)OC(C)(C)C)C2. The van der Waals surface area contributed by atoms with Crippen LogP contribution in [0.3, 0.4) is 0 Å². The number of carbonyl (C=O) groups excluding carboxylic acids is 2. The molecule has 2 fully saturated rings. The van der Waals surface area contributed by atoms with Crippen LogP contribution in [0, 0.1) is 0 Å². The van der Waals surface area contributed by atoms with E-state index in [-0.39, 0.29) is 30.2 Å². The molecule has 2 aliphatic heterocycles. The maximum Gasteiger partial charge on any atom is 0.410 e. The van der Waals surface area contributed by atoms with Gasteiger partial charge in [-0.1, -0.05) is 5.57 Å². The largest absolute Gasteiger partial charge is 0.444 e. The molecule has 0 spiro atoms. The van der Waals surface area contributed by atoms with Crippen molar-refractivity contribution in [2.45, 2.75) is 85.2 Å². The van der Waals surface area contributed by atoms with Gasteiger partial charge in [-0.15, -0.1) is 0 Å². The lowest BCUT2D eigenvalue weighted by molar-refractivity contribution is -0.133. The average molecular weight is 366 g/mol. The minimum atomic E-state index is -0.477. The van der Waals surface area contributed by atoms with E-state index in [1.54, 1.807) is 0 Å². The molecule has 0 aromatic heterocycles. The van der Waals surface area contributed by atoms with Crippen molar-refractivity contribution in [3.8, 4) is 0 Å². The molecular weight excluding hydrogens is 330 g/mol. The van der Waals surface area contributed by atoms with Crippen molar-refractivity contribution in [2.75, 3.05) is 20.1 Å². The first-order chi connectivity index (χ1) is 11.9. The minimum absolute atomic E-state index is 0.00934. The molecular formula is C20H35N3O3. The van der Waals surface area contributed by atoms with Crippen LogP contribution in [0.15, 0.2) is 11.1 Å². The lowest BCUT2D eigenvalue weighted by Crippen LogP contribution is -2.61. The van der Waals surface area contributed by atoms with E-state index in [9.17, 15) is 9.59 Å². The molecule has 26 heavy (non-hydrogen) atoms. The zero-order valence-electron chi connectivity index (χ0n) is 17.6. The van der Waals surface area contributed by atoms with Gasteiger partial charge in [0.25, 0.3) is 0 Å². The first-order valence-corrected chi connectivity index (χ1v) is 9.59. The maximum atomic E-state index is 12.7. The van der Waals surface area contributed by atoms with Crippen molar-refractivity contribution < 1.29 is 14.3 Å². The normalized spacial score (nSPS) is 24.2. The van der Waals surface area contributed by atoms with Crippen molar-refractivity contribution in [3.63, 3.8) is 0 Å². The molecule has 2 rings (SSSR count). The second-order valence-corrected chi connectivity index (χ2v) is 8.89. The molecule has 0 N–H and O–H groups in total. The van der Waals surface area contributed by atoms with Crippen molar-refractivity contribution in [1.82, 2.24) is 14.7 Å². The Morgan fingerprint density at radius 3 is 2.00 bits per heavy atom. The van der Waals surface area contributed by atoms with Gasteiger partial charge >= 0.3 is 6.09 Å². The molecule has 2 heterocycles. The van der Waals surface area contributed by atoms with E-state index >= 15 is 0 Å². The zero-order chi connectivity index (χ0) is 19.8. The molecule has 3 atom stereocenters. The summed E-state index contributed by atoms with van der Waals surface area (Å²) < 4.78 is 5.54. The Morgan fingerprint density at radius 2 is 1.58 bits per heavy atom. The van der Waals surface area contributed by atoms with E-state index in [1.165, 1.54) is 0 Å². The summed E-state index contributed by atoms with van der Waals surface area (Å²) in [6.07, 6.45) is 1.89. The van der Waals surface area contributed by atoms with E-state index in [1.807, 2.05) is 58.4 Å². The fourth-order valence-electron chi connectivity index (χ4n) is 3.87. The number of likely N-dealkylation sites (tertiary alicyclic amines) is 1. The van der Waals surface area contributed by atoms with Crippen LogP contribution in [0.5, 0.6) is 0 Å². The summed E-state index contributed by atoms with van der Waals surface area (Å²) >= 11 is 0. The molecule has 3 unspecified atom stereocenters. The Bertz CT molecular complexity index is 576. The van der Waals surface area contributed by atoms with Gasteiger partial charge in [-0.25, -0.2) is 4.79 Å². The van der Waals surface area contributed by atoms with E-state index in [4.69, 9.17) is 4.74 Å². The van der Waals surface area contributed by atoms with Crippen LogP contribution in [-0.2, 0) is 9.53 Å². The van der Waals surface area contributed by atoms with Gasteiger partial charge in [-0.05, 0) is 61.3 Å². The highest BCUT2D eigenvalue weighted by Gasteiger charge is 2.45. The van der Waals surface area contributed by atoms with E-state index in [0.717, 1.165) is 24.0 Å². The second-order valence-electron chi connectivity index (χ2n) is 8.89. The smallest absolute Gasteiger partial charge is 0.410 e. The Morgan fingerprint density at radius 1 is 1.08 bits per heavy atom. The fourth-order valence-corrected chi connectivity index (χ4v) is 3.87. The van der Waals surface area contributed by atoms with Crippen LogP contribution >= 0.6 is 0 Å². The predicted octanol–water partition coefficient (Wildman–Crippen LogP) is 3.23. The molecule has 0 aromatic rings. The van der Waals surface area contributed by atoms with Gasteiger partial charge in [0.1, 0.15) is 5.60 Å². The Labute approximate surface area is 158 Å². The standard InChI is InChI=1S/C20H35N3O3/c1-13(2)14(3)18(24)21(8)15(4)23-16-9-10-17(23)12-22(11-16)19(25)26-20(5,6)7/h15-17H,9-12H2,1-8H3. The summed E-state index contributed by atoms with van der Waals surface area (Å²) in [6.45, 7) is 14.9. The highest BCUT2D eigenvalue weighted by atomic mass is 16.6. The van der Waals surface area contributed by atoms with Gasteiger partial charge in [0.15, 0.2) is 0 Å². The number of amides is 2. The Balaban J connectivity index is 2.07. The average Bonchev–Trinajstić information content (AvgIpc) is 2.79. The lowest BCUT2D eigenvalue weighted by Gasteiger charge is -2.46. The zero-order valence-corrected chi connectivity index (χ0v) is 17.6. The predicted molar refractivity (Wildman–Crippen MR) is 103 cm³/mol. The van der Waals surface area contributed by atoms with Crippen molar-refractivity contribution >= 4 is 12.0 Å². The molecule has 0 aromatic carbocycles. The van der Waals surface area contributed by atoms with Crippen molar-refractivity contribution in [2.24, 2.45) is 0 Å². The number of carbonyl (C=O) groups is 2. The number of allylic oxidation sites excluding steroid dienone is 1. The number of likely N-dealkylation sites (N-methyl/N-ethyl adjacent to an activating group) is 1. The minimum Gasteiger partial charge on any atom is -0.444 e. The summed E-state index contributed by atoms with van der Waals surface area (Å²) in [6, 6.07) is 0.553. The van der Waals surface area contributed by atoms with Crippen LogP contribution in [0.4, 0.5) is 4.79 Å². The fraction of sp³-hybridized carbons (Fsp3) is 0.800. The molecule has 6 heteroatoms. The van der Waals surface area contributed by atoms with Crippen molar-refractivity contribution in [1.29, 1.82) is 0 Å². The summed E-state index contributed by atoms with van der Waals surface area (Å²) in [5, 5.41) is 0. The van der Waals surface area contributed by atoms with Gasteiger partial charge in [0.2, 0.25) is 5.91 Å². The summed E-state index contributed by atoms with van der Waals surface area (Å²) in [4.78, 5) is 31.2. The number of ether oxygens (including phenoxy) is 1. The summed E-state index contributed by atoms with van der Waals surface area (Å²) in [5.74, 6) is 0.0754. The first-order valence-electron chi connectivity index (χ1n) is 9.59. The molecule has 0 aliphatic carbocycles. The number of rotatable bonds is 3. The highest BCUT2D eigenvalue weighted by molar-refractivity contribution is 5.93. The van der Waals surface area contributed by atoms with E-state index in [0.29, 0.717) is 13.1 Å². The maximum absolute atomic E-state index is 12.7. The Kier molecular flexibility index (Phi) is 6.06. The van der Waals surface area contributed by atoms with Crippen molar-refractivity contribution in [3.05, 3.63) is 11.1 Å². The van der Waals surface area contributed by atoms with Crippen LogP contribution in [0.2, 0.25) is 0 Å². The molecule has 2 bridgehead atoms. The summed E-state index contributed by atoms with van der Waals surface area (Å²) in [7, 11) is 1.87. The number of fused-ring (bicyclic) bond motifs is 2. The first kappa shape index (κ1) is 20.7. The molecule has 2 amide bonds. The number of hydrogen-bond donors (Lipinski definition) is 0. The molecule has 148 valence electrons. The molecule has 0 saturated carbocycles. The quantitative estimate of drug-likeness (QED) is 0.721. The molecule has 2 saturated heterocycles. The lowest BCUT2D eigenvalue weighted by atomic mass is 10.1. The van der Waals surface area contributed by atoms with Gasteiger partial charge < -0.3 is 14.5 Å². The van der Waals surface area contributed by atoms with E-state index < -0.39 is 5.60 Å². The Hall–Kier alpha value is -1.56. The topological polar surface area (TPSA) is 53.1 Å². The monoisotopic (exact) mass is 365 g/mol. The third-order valence-electron chi connectivity index (χ3n) is 5.57. The number of piperazine rings is 1. The van der Waals surface area contributed by atoms with Gasteiger partial charge in [0.05, 0.1) is 6.17 Å². The van der Waals surface area contributed by atoms with Gasteiger partial charge in [-0.2, -0.15) is 0 Å². The van der Waals surface area contributed by atoms with E-state index in [2.05, 4.69) is 11.8 Å². The number of hydrogen-bond acceptors (Lipinski definition) is 4. The second kappa shape index (κ2) is 7.59. The van der Waals surface area contributed by atoms with Crippen LogP contribution in [0.1, 0.15) is 61.3 Å².